The Morgan fingerprint density at radius 2 is 2.03 bits per heavy atom. The summed E-state index contributed by atoms with van der Waals surface area (Å²) in [4.78, 5) is 14.2. The number of benzene rings is 1. The number of esters is 1. The second kappa shape index (κ2) is 8.74. The van der Waals surface area contributed by atoms with Gasteiger partial charge in [-0.1, -0.05) is 13.0 Å². The highest BCUT2D eigenvalue weighted by molar-refractivity contribution is 5.69. The van der Waals surface area contributed by atoms with Crippen molar-refractivity contribution in [1.29, 1.82) is 0 Å². The minimum atomic E-state index is 0.00840. The molecule has 0 bridgehead atoms. The minimum Gasteiger partial charge on any atom is -0.497 e. The molecule has 2 saturated carbocycles. The molecule has 0 aromatic heterocycles. The molecule has 1 N–H and O–H groups in total. The molecule has 1 aliphatic heterocycles. The van der Waals surface area contributed by atoms with Crippen LogP contribution in [-0.4, -0.2) is 52.0 Å². The molecule has 1 heterocycles. The van der Waals surface area contributed by atoms with E-state index in [2.05, 4.69) is 25.1 Å². The van der Waals surface area contributed by atoms with Gasteiger partial charge >= 0.3 is 5.97 Å². The predicted octanol–water partition coefficient (Wildman–Crippen LogP) is 2.77. The average Bonchev–Trinajstić information content (AvgIpc) is 3.13. The van der Waals surface area contributed by atoms with E-state index in [-0.39, 0.29) is 17.5 Å². The first kappa shape index (κ1) is 21.3. The lowest BCUT2D eigenvalue weighted by molar-refractivity contribution is -0.907. The van der Waals surface area contributed by atoms with Crippen LogP contribution in [0.5, 0.6) is 5.75 Å². The molecule has 3 fully saturated rings. The monoisotopic (exact) mass is 428 g/mol. The maximum absolute atomic E-state index is 12.7. The molecule has 1 aromatic carbocycles. The number of hydrogen-bond donors (Lipinski definition) is 1. The molecule has 5 atom stereocenters. The number of nitrogens with one attached hydrogen (secondary N) is 1. The van der Waals surface area contributed by atoms with E-state index in [4.69, 9.17) is 14.2 Å². The predicted molar refractivity (Wildman–Crippen MR) is 118 cm³/mol. The van der Waals surface area contributed by atoms with Crippen molar-refractivity contribution in [2.75, 3.05) is 40.0 Å². The topological polar surface area (TPSA) is 49.2 Å². The second-order valence-corrected chi connectivity index (χ2v) is 10.4. The summed E-state index contributed by atoms with van der Waals surface area (Å²) < 4.78 is 17.0. The number of morpholine rings is 1. The van der Waals surface area contributed by atoms with Crippen LogP contribution >= 0.6 is 0 Å². The van der Waals surface area contributed by atoms with E-state index in [0.29, 0.717) is 18.3 Å². The van der Waals surface area contributed by atoms with Crippen LogP contribution in [0.4, 0.5) is 0 Å². The van der Waals surface area contributed by atoms with Gasteiger partial charge in [0.05, 0.1) is 33.3 Å². The largest absolute Gasteiger partial charge is 0.497 e. The smallest absolute Gasteiger partial charge is 0.311 e. The highest BCUT2D eigenvalue weighted by Gasteiger charge is 2.56. The van der Waals surface area contributed by atoms with E-state index in [1.54, 1.807) is 12.7 Å². The van der Waals surface area contributed by atoms with E-state index in [1.807, 2.05) is 0 Å². The van der Waals surface area contributed by atoms with Crippen LogP contribution in [0.15, 0.2) is 18.2 Å². The fourth-order valence-electron chi connectivity index (χ4n) is 7.24. The Morgan fingerprint density at radius 3 is 2.84 bits per heavy atom. The molecular formula is C26H38NO4+. The summed E-state index contributed by atoms with van der Waals surface area (Å²) >= 11 is 0. The lowest BCUT2D eigenvalue weighted by Crippen LogP contribution is -3.14. The van der Waals surface area contributed by atoms with Gasteiger partial charge in [0.2, 0.25) is 0 Å². The fourth-order valence-corrected chi connectivity index (χ4v) is 7.24. The van der Waals surface area contributed by atoms with E-state index in [9.17, 15) is 4.79 Å². The molecule has 4 aliphatic rings. The van der Waals surface area contributed by atoms with Crippen molar-refractivity contribution in [2.24, 2.45) is 17.3 Å². The van der Waals surface area contributed by atoms with Crippen molar-refractivity contribution < 1.29 is 23.9 Å². The molecule has 0 radical (unpaired) electrons. The summed E-state index contributed by atoms with van der Waals surface area (Å²) in [5.74, 6) is 3.04. The number of ether oxygens (including phenoxy) is 3. The summed E-state index contributed by atoms with van der Waals surface area (Å²) in [6.07, 6.45) is 7.65. The van der Waals surface area contributed by atoms with Gasteiger partial charge in [0, 0.05) is 5.41 Å². The molecule has 0 unspecified atom stereocenters. The van der Waals surface area contributed by atoms with Gasteiger partial charge < -0.3 is 19.1 Å². The maximum Gasteiger partial charge on any atom is 0.311 e. The molecule has 170 valence electrons. The zero-order valence-electron chi connectivity index (χ0n) is 19.2. The van der Waals surface area contributed by atoms with Crippen molar-refractivity contribution in [3.05, 3.63) is 29.3 Å². The van der Waals surface area contributed by atoms with Crippen LogP contribution in [-0.2, 0) is 20.7 Å². The van der Waals surface area contributed by atoms with Crippen molar-refractivity contribution in [1.82, 2.24) is 0 Å². The molecule has 1 aromatic rings. The van der Waals surface area contributed by atoms with Gasteiger partial charge in [0.15, 0.2) is 0 Å². The van der Waals surface area contributed by atoms with Crippen molar-refractivity contribution in [2.45, 2.75) is 63.9 Å². The van der Waals surface area contributed by atoms with Gasteiger partial charge in [0.25, 0.3) is 0 Å². The highest BCUT2D eigenvalue weighted by Crippen LogP contribution is 2.61. The summed E-state index contributed by atoms with van der Waals surface area (Å²) in [5, 5.41) is 0. The Labute approximate surface area is 186 Å². The van der Waals surface area contributed by atoms with Crippen LogP contribution in [0.1, 0.15) is 62.5 Å². The molecule has 0 spiro atoms. The number of methoxy groups -OCH3 is 1. The van der Waals surface area contributed by atoms with Crippen molar-refractivity contribution >= 4 is 5.97 Å². The van der Waals surface area contributed by atoms with Crippen LogP contribution in [0.3, 0.4) is 0 Å². The maximum atomic E-state index is 12.7. The Morgan fingerprint density at radius 1 is 1.19 bits per heavy atom. The summed E-state index contributed by atoms with van der Waals surface area (Å²) in [7, 11) is 1.75. The van der Waals surface area contributed by atoms with Crippen LogP contribution < -0.4 is 9.64 Å². The van der Waals surface area contributed by atoms with Crippen LogP contribution in [0.25, 0.3) is 0 Å². The van der Waals surface area contributed by atoms with Gasteiger partial charge in [-0.2, -0.15) is 0 Å². The Hall–Kier alpha value is -1.59. The standard InChI is InChI=1S/C26H37NO4/c1-26-11-9-21-20-6-4-19(29-2)17-18(20)3-5-22(21)23(26)7-8-24(26)31-25(28)10-12-27-13-15-30-16-14-27/h4,6,17,21-24H,3,5,7-16H2,1-2H3/p+1/t21-,22+,23+,24+,26-/m0/s1. The third-order valence-electron chi connectivity index (χ3n) is 9.00. The second-order valence-electron chi connectivity index (χ2n) is 10.4. The number of aryl methyl sites for hydroxylation is 1. The number of rotatable bonds is 5. The number of carbonyl (C=O) groups excluding carboxylic acids is 1. The quantitative estimate of drug-likeness (QED) is 0.733. The number of quaternary nitrogens is 1. The zero-order chi connectivity index (χ0) is 21.4. The normalized spacial score (nSPS) is 35.0. The lowest BCUT2D eigenvalue weighted by atomic mass is 9.55. The lowest BCUT2D eigenvalue weighted by Gasteiger charge is -2.50. The van der Waals surface area contributed by atoms with E-state index in [0.717, 1.165) is 63.8 Å². The van der Waals surface area contributed by atoms with E-state index in [1.165, 1.54) is 29.7 Å². The van der Waals surface area contributed by atoms with Gasteiger partial charge in [-0.25, -0.2) is 0 Å². The van der Waals surface area contributed by atoms with E-state index >= 15 is 0 Å². The van der Waals surface area contributed by atoms with Gasteiger partial charge in [0.1, 0.15) is 24.9 Å². The van der Waals surface area contributed by atoms with Gasteiger partial charge in [-0.15, -0.1) is 0 Å². The summed E-state index contributed by atoms with van der Waals surface area (Å²) in [6, 6.07) is 6.69. The Bertz CT molecular complexity index is 805. The Kier molecular flexibility index (Phi) is 6.00. The fraction of sp³-hybridized carbons (Fsp3) is 0.731. The first-order valence-corrected chi connectivity index (χ1v) is 12.4. The van der Waals surface area contributed by atoms with Crippen molar-refractivity contribution in [3.8, 4) is 5.75 Å². The van der Waals surface area contributed by atoms with Gasteiger partial charge in [-0.05, 0) is 79.5 Å². The molecule has 5 rings (SSSR count). The molecular weight excluding hydrogens is 390 g/mol. The minimum absolute atomic E-state index is 0.00840. The van der Waals surface area contributed by atoms with Gasteiger partial charge in [-0.3, -0.25) is 4.79 Å². The van der Waals surface area contributed by atoms with Crippen molar-refractivity contribution in [3.63, 3.8) is 0 Å². The molecule has 5 heteroatoms. The van der Waals surface area contributed by atoms with Crippen LogP contribution in [0.2, 0.25) is 0 Å². The average molecular weight is 429 g/mol. The highest BCUT2D eigenvalue weighted by atomic mass is 16.5. The number of fused-ring (bicyclic) bond motifs is 5. The van der Waals surface area contributed by atoms with Crippen LogP contribution in [0, 0.1) is 17.3 Å². The summed E-state index contributed by atoms with van der Waals surface area (Å²) in [5.41, 5.74) is 3.18. The molecule has 31 heavy (non-hydrogen) atoms. The first-order chi connectivity index (χ1) is 15.1. The zero-order valence-corrected chi connectivity index (χ0v) is 19.2. The van der Waals surface area contributed by atoms with E-state index < -0.39 is 0 Å². The number of hydrogen-bond acceptors (Lipinski definition) is 4. The third-order valence-corrected chi connectivity index (χ3v) is 9.00. The first-order valence-electron chi connectivity index (χ1n) is 12.4. The third kappa shape index (κ3) is 4.00. The summed E-state index contributed by atoms with van der Waals surface area (Å²) in [6.45, 7) is 6.92. The molecule has 0 amide bonds. The number of carbonyl (C=O) groups is 1. The molecule has 3 aliphatic carbocycles. The SMILES string of the molecule is COc1ccc2c(c1)CC[C@H]1[C@H]3CC[C@@H](OC(=O)CC[NH+]4CCOCC4)[C@@]3(C)CC[C@@H]21. The Balaban J connectivity index is 1.23. The molecule has 5 nitrogen and oxygen atoms in total. The molecule has 1 saturated heterocycles.